The van der Waals surface area contributed by atoms with Gasteiger partial charge in [0.1, 0.15) is 11.4 Å². The van der Waals surface area contributed by atoms with E-state index < -0.39 is 17.6 Å². The smallest absolute Gasteiger partial charge is 0.339 e. The number of aliphatic carboxylic acids is 1. The van der Waals surface area contributed by atoms with E-state index in [9.17, 15) is 14.0 Å². The maximum atomic E-state index is 12.8. The van der Waals surface area contributed by atoms with Crippen LogP contribution in [-0.2, 0) is 9.59 Å². The predicted octanol–water partition coefficient (Wildman–Crippen LogP) is 2.65. The van der Waals surface area contributed by atoms with Crippen LogP contribution in [0.4, 0.5) is 4.39 Å². The fourth-order valence-corrected chi connectivity index (χ4v) is 1.55. The Balaban J connectivity index is 3.23. The second-order valence-electron chi connectivity index (χ2n) is 3.09. The summed E-state index contributed by atoms with van der Waals surface area (Å²) in [5, 5.41) is 8.77. The number of hydrogen-bond donors (Lipinski definition) is 1. The molecule has 0 saturated heterocycles. The van der Waals surface area contributed by atoms with Crippen molar-refractivity contribution in [3.8, 4) is 0 Å². The van der Waals surface area contributed by atoms with Crippen LogP contribution in [0.25, 0.3) is 6.08 Å². The van der Waals surface area contributed by atoms with Gasteiger partial charge in [-0.1, -0.05) is 22.0 Å². The molecule has 1 aromatic rings. The lowest BCUT2D eigenvalue weighted by atomic mass is 10.1. The molecule has 0 amide bonds. The summed E-state index contributed by atoms with van der Waals surface area (Å²) in [4.78, 5) is 21.8. The highest BCUT2D eigenvalue weighted by Crippen LogP contribution is 2.21. The zero-order chi connectivity index (χ0) is 12.3. The van der Waals surface area contributed by atoms with Gasteiger partial charge in [0.2, 0.25) is 0 Å². The molecule has 0 fully saturated rings. The summed E-state index contributed by atoms with van der Waals surface area (Å²) in [5.41, 5.74) is 0.0984. The van der Waals surface area contributed by atoms with E-state index >= 15 is 0 Å². The molecule has 0 bridgehead atoms. The largest absolute Gasteiger partial charge is 0.478 e. The summed E-state index contributed by atoms with van der Waals surface area (Å²) in [5.74, 6) is -2.30. The second kappa shape index (κ2) is 5.03. The highest BCUT2D eigenvalue weighted by molar-refractivity contribution is 9.10. The van der Waals surface area contributed by atoms with Crippen molar-refractivity contribution in [2.24, 2.45) is 0 Å². The lowest BCUT2D eigenvalue weighted by Crippen LogP contribution is -2.08. The Labute approximate surface area is 99.7 Å². The summed E-state index contributed by atoms with van der Waals surface area (Å²) in [7, 11) is 0. The summed E-state index contributed by atoms with van der Waals surface area (Å²) in [6, 6.07) is 3.78. The van der Waals surface area contributed by atoms with Gasteiger partial charge in [-0.25, -0.2) is 9.18 Å². The molecule has 0 unspecified atom stereocenters. The highest BCUT2D eigenvalue weighted by Gasteiger charge is 2.13. The van der Waals surface area contributed by atoms with Crippen molar-refractivity contribution in [1.29, 1.82) is 0 Å². The van der Waals surface area contributed by atoms with E-state index in [1.165, 1.54) is 24.3 Å². The van der Waals surface area contributed by atoms with Gasteiger partial charge in [0.15, 0.2) is 5.78 Å². The van der Waals surface area contributed by atoms with Crippen LogP contribution in [0.15, 0.2) is 28.2 Å². The van der Waals surface area contributed by atoms with Gasteiger partial charge in [0, 0.05) is 4.47 Å². The van der Waals surface area contributed by atoms with Gasteiger partial charge in [0.05, 0.1) is 0 Å². The third kappa shape index (κ3) is 3.00. The average molecular weight is 287 g/mol. The van der Waals surface area contributed by atoms with E-state index in [0.717, 1.165) is 6.92 Å². The lowest BCUT2D eigenvalue weighted by Gasteiger charge is -2.01. The minimum Gasteiger partial charge on any atom is -0.478 e. The molecule has 0 aliphatic rings. The van der Waals surface area contributed by atoms with Crippen LogP contribution >= 0.6 is 15.9 Å². The molecule has 0 saturated carbocycles. The maximum Gasteiger partial charge on any atom is 0.339 e. The zero-order valence-corrected chi connectivity index (χ0v) is 9.92. The average Bonchev–Trinajstić information content (AvgIpc) is 2.15. The SMILES string of the molecule is CC(=O)C(=Cc1ccc(F)cc1Br)C(=O)O. The number of hydrogen-bond acceptors (Lipinski definition) is 2. The number of rotatable bonds is 3. The molecule has 0 atom stereocenters. The number of halogens is 2. The fraction of sp³-hybridized carbons (Fsp3) is 0.0909. The van der Waals surface area contributed by atoms with E-state index in [1.54, 1.807) is 0 Å². The molecule has 0 heterocycles. The first kappa shape index (κ1) is 12.6. The summed E-state index contributed by atoms with van der Waals surface area (Å²) in [6.45, 7) is 1.16. The number of ketones is 1. The number of carboxylic acid groups (broad SMARTS) is 1. The molecule has 5 heteroatoms. The first-order valence-corrected chi connectivity index (χ1v) is 5.12. The van der Waals surface area contributed by atoms with E-state index in [0.29, 0.717) is 10.0 Å². The molecule has 0 radical (unpaired) electrons. The molecule has 0 aliphatic carbocycles. The Morgan fingerprint density at radius 2 is 2.06 bits per heavy atom. The monoisotopic (exact) mass is 286 g/mol. The van der Waals surface area contributed by atoms with Crippen molar-refractivity contribution in [2.45, 2.75) is 6.92 Å². The quantitative estimate of drug-likeness (QED) is 0.528. The predicted molar refractivity (Wildman–Crippen MR) is 60.4 cm³/mol. The van der Waals surface area contributed by atoms with Gasteiger partial charge in [-0.3, -0.25) is 4.79 Å². The molecular formula is C11H8BrFO3. The van der Waals surface area contributed by atoms with Gasteiger partial charge in [-0.15, -0.1) is 0 Å². The molecule has 1 aromatic carbocycles. The van der Waals surface area contributed by atoms with Crippen molar-refractivity contribution in [2.75, 3.05) is 0 Å². The Morgan fingerprint density at radius 3 is 2.50 bits per heavy atom. The molecule has 3 nitrogen and oxygen atoms in total. The van der Waals surface area contributed by atoms with Crippen LogP contribution in [0.2, 0.25) is 0 Å². The van der Waals surface area contributed by atoms with E-state index in [2.05, 4.69) is 15.9 Å². The van der Waals surface area contributed by atoms with Crippen molar-refractivity contribution < 1.29 is 19.1 Å². The van der Waals surface area contributed by atoms with E-state index in [1.807, 2.05) is 0 Å². The summed E-state index contributed by atoms with van der Waals surface area (Å²) < 4.78 is 13.2. The van der Waals surface area contributed by atoms with Crippen LogP contribution in [0.5, 0.6) is 0 Å². The molecule has 84 valence electrons. The number of carbonyl (C=O) groups is 2. The van der Waals surface area contributed by atoms with Crippen LogP contribution in [0, 0.1) is 5.82 Å². The van der Waals surface area contributed by atoms with Crippen LogP contribution < -0.4 is 0 Å². The number of Topliss-reactive ketones (excluding diaryl/α,β-unsaturated/α-hetero) is 1. The van der Waals surface area contributed by atoms with E-state index in [4.69, 9.17) is 5.11 Å². The van der Waals surface area contributed by atoms with Gasteiger partial charge < -0.3 is 5.11 Å². The van der Waals surface area contributed by atoms with Crippen molar-refractivity contribution in [3.63, 3.8) is 0 Å². The second-order valence-corrected chi connectivity index (χ2v) is 3.94. The van der Waals surface area contributed by atoms with Crippen molar-refractivity contribution in [1.82, 2.24) is 0 Å². The van der Waals surface area contributed by atoms with Crippen LogP contribution in [0.3, 0.4) is 0 Å². The lowest BCUT2D eigenvalue weighted by molar-refractivity contribution is -0.134. The molecule has 1 N–H and O–H groups in total. The molecular weight excluding hydrogens is 279 g/mol. The van der Waals surface area contributed by atoms with Gasteiger partial charge >= 0.3 is 5.97 Å². The minimum atomic E-state index is -1.30. The Kier molecular flexibility index (Phi) is 3.95. The topological polar surface area (TPSA) is 54.4 Å². The first-order chi connectivity index (χ1) is 7.41. The Morgan fingerprint density at radius 1 is 1.44 bits per heavy atom. The van der Waals surface area contributed by atoms with Crippen LogP contribution in [-0.4, -0.2) is 16.9 Å². The van der Waals surface area contributed by atoms with Gasteiger partial charge in [0.25, 0.3) is 0 Å². The number of carboxylic acids is 1. The number of carbonyl (C=O) groups excluding carboxylic acids is 1. The summed E-state index contributed by atoms with van der Waals surface area (Å²) >= 11 is 3.09. The Hall–Kier alpha value is -1.49. The molecule has 0 aromatic heterocycles. The Bertz CT molecular complexity index is 464. The van der Waals surface area contributed by atoms with Crippen molar-refractivity contribution >= 4 is 33.8 Å². The fourth-order valence-electron chi connectivity index (χ4n) is 1.09. The normalized spacial score (nSPS) is 11.3. The standard InChI is InChI=1S/C11H8BrFO3/c1-6(14)9(11(15)16)4-7-2-3-8(13)5-10(7)12/h2-5H,1H3,(H,15,16). The summed E-state index contributed by atoms with van der Waals surface area (Å²) in [6.07, 6.45) is 1.20. The maximum absolute atomic E-state index is 12.8. The van der Waals surface area contributed by atoms with Crippen molar-refractivity contribution in [3.05, 3.63) is 39.6 Å². The molecule has 0 spiro atoms. The zero-order valence-electron chi connectivity index (χ0n) is 8.33. The van der Waals surface area contributed by atoms with Gasteiger partial charge in [-0.05, 0) is 30.7 Å². The first-order valence-electron chi connectivity index (χ1n) is 4.33. The molecule has 1 rings (SSSR count). The minimum absolute atomic E-state index is 0.340. The third-order valence-corrected chi connectivity index (χ3v) is 2.56. The van der Waals surface area contributed by atoms with Gasteiger partial charge in [-0.2, -0.15) is 0 Å². The molecule has 16 heavy (non-hydrogen) atoms. The van der Waals surface area contributed by atoms with E-state index in [-0.39, 0.29) is 5.57 Å². The van der Waals surface area contributed by atoms with Crippen LogP contribution in [0.1, 0.15) is 12.5 Å². The highest BCUT2D eigenvalue weighted by atomic mass is 79.9. The number of benzene rings is 1. The molecule has 0 aliphatic heterocycles. The third-order valence-electron chi connectivity index (χ3n) is 1.87.